The van der Waals surface area contributed by atoms with Crippen LogP contribution >= 0.6 is 43.5 Å². The fraction of sp³-hybridized carbons (Fsp3) is 0.455. The van der Waals surface area contributed by atoms with Crippen LogP contribution in [-0.4, -0.2) is 5.60 Å². The van der Waals surface area contributed by atoms with Crippen molar-refractivity contribution in [3.8, 4) is 5.75 Å². The molecule has 0 aromatic heterocycles. The third kappa shape index (κ3) is 4.75. The Labute approximate surface area is 112 Å². The van der Waals surface area contributed by atoms with Crippen molar-refractivity contribution in [3.63, 3.8) is 0 Å². The molecule has 0 bridgehead atoms. The number of rotatable bonds is 2. The lowest BCUT2D eigenvalue weighted by molar-refractivity contribution is 0.131. The van der Waals surface area contributed by atoms with Crippen molar-refractivity contribution < 1.29 is 4.74 Å². The molecular formula is C11H13Br2ClO. The Hall–Kier alpha value is 0.270. The molecule has 0 spiro atoms. The molecule has 0 radical (unpaired) electrons. The topological polar surface area (TPSA) is 9.23 Å². The lowest BCUT2D eigenvalue weighted by Crippen LogP contribution is -2.22. The Morgan fingerprint density at radius 3 is 1.87 bits per heavy atom. The zero-order valence-electron chi connectivity index (χ0n) is 8.85. The Morgan fingerprint density at radius 1 is 1.07 bits per heavy atom. The predicted octanol–water partition coefficient (Wildman–Crippen LogP) is 5.00. The maximum atomic E-state index is 6.04. The largest absolute Gasteiger partial charge is 0.488 e. The van der Waals surface area contributed by atoms with E-state index in [1.807, 2.05) is 45.0 Å². The van der Waals surface area contributed by atoms with Gasteiger partial charge in [0.15, 0.2) is 2.69 Å². The number of ether oxygens (including phenoxy) is 1. The molecule has 0 atom stereocenters. The number of hydrogen-bond acceptors (Lipinski definition) is 1. The van der Waals surface area contributed by atoms with Crippen molar-refractivity contribution >= 4 is 43.5 Å². The monoisotopic (exact) mass is 354 g/mol. The zero-order valence-corrected chi connectivity index (χ0v) is 12.8. The van der Waals surface area contributed by atoms with Gasteiger partial charge in [-0.2, -0.15) is 0 Å². The van der Waals surface area contributed by atoms with E-state index in [1.54, 1.807) is 0 Å². The molecule has 0 fully saturated rings. The Morgan fingerprint density at radius 2 is 1.53 bits per heavy atom. The van der Waals surface area contributed by atoms with Crippen LogP contribution in [0.5, 0.6) is 5.75 Å². The highest BCUT2D eigenvalue weighted by atomic mass is 79.9. The minimum Gasteiger partial charge on any atom is -0.488 e. The van der Waals surface area contributed by atoms with Gasteiger partial charge in [-0.05, 0) is 70.3 Å². The summed E-state index contributed by atoms with van der Waals surface area (Å²) in [6, 6.07) is 7.63. The van der Waals surface area contributed by atoms with Gasteiger partial charge in [-0.25, -0.2) is 0 Å². The molecule has 84 valence electrons. The van der Waals surface area contributed by atoms with Crippen LogP contribution in [0.15, 0.2) is 24.3 Å². The van der Waals surface area contributed by atoms with Crippen LogP contribution in [0.2, 0.25) is 0 Å². The van der Waals surface area contributed by atoms with Gasteiger partial charge < -0.3 is 4.74 Å². The highest BCUT2D eigenvalue weighted by Gasteiger charge is 2.21. The maximum Gasteiger partial charge on any atom is 0.178 e. The van der Waals surface area contributed by atoms with Crippen molar-refractivity contribution in [1.82, 2.24) is 0 Å². The zero-order chi connectivity index (χ0) is 11.7. The van der Waals surface area contributed by atoms with Crippen LogP contribution in [0.1, 0.15) is 26.3 Å². The molecule has 0 saturated carbocycles. The van der Waals surface area contributed by atoms with Gasteiger partial charge in [0.05, 0.1) is 0 Å². The second-order valence-electron chi connectivity index (χ2n) is 4.24. The Kier molecular flexibility index (Phi) is 4.13. The summed E-state index contributed by atoms with van der Waals surface area (Å²) in [5, 5.41) is 0. The molecule has 4 heteroatoms. The van der Waals surface area contributed by atoms with Gasteiger partial charge in [0.25, 0.3) is 0 Å². The lowest BCUT2D eigenvalue weighted by atomic mass is 10.2. The van der Waals surface area contributed by atoms with Crippen LogP contribution in [0.4, 0.5) is 0 Å². The summed E-state index contributed by atoms with van der Waals surface area (Å²) >= 11 is 12.7. The molecule has 1 aromatic carbocycles. The minimum absolute atomic E-state index is 0.178. The SMILES string of the molecule is CC(C)(C)Oc1ccc(C(Cl)(Br)Br)cc1. The molecule has 0 amide bonds. The van der Waals surface area contributed by atoms with E-state index in [9.17, 15) is 0 Å². The van der Waals surface area contributed by atoms with E-state index in [-0.39, 0.29) is 5.60 Å². The summed E-state index contributed by atoms with van der Waals surface area (Å²) < 4.78 is 5.00. The first kappa shape index (κ1) is 13.3. The molecule has 0 N–H and O–H groups in total. The van der Waals surface area contributed by atoms with Gasteiger partial charge in [-0.15, -0.1) is 0 Å². The highest BCUT2D eigenvalue weighted by molar-refractivity contribution is 9.25. The molecule has 1 nitrogen and oxygen atoms in total. The molecule has 0 heterocycles. The van der Waals surface area contributed by atoms with Crippen LogP contribution in [-0.2, 0) is 2.69 Å². The summed E-state index contributed by atoms with van der Waals surface area (Å²) in [7, 11) is 0. The Balaban J connectivity index is 2.82. The van der Waals surface area contributed by atoms with Crippen molar-refractivity contribution in [2.75, 3.05) is 0 Å². The summed E-state index contributed by atoms with van der Waals surface area (Å²) in [6.45, 7) is 6.05. The third-order valence-electron chi connectivity index (χ3n) is 1.61. The molecule has 0 aliphatic heterocycles. The molecule has 0 unspecified atom stereocenters. The van der Waals surface area contributed by atoms with Gasteiger partial charge in [0, 0.05) is 0 Å². The number of halogens is 3. The standard InChI is InChI=1S/C11H13Br2ClO/c1-10(2,3)15-9-6-4-8(5-7-9)11(12,13)14/h4-7H,1-3H3. The molecule has 1 aromatic rings. The van der Waals surface area contributed by atoms with Gasteiger partial charge in [-0.1, -0.05) is 23.7 Å². The molecule has 1 rings (SSSR count). The Bertz CT molecular complexity index is 322. The van der Waals surface area contributed by atoms with Gasteiger partial charge in [-0.3, -0.25) is 0 Å². The highest BCUT2D eigenvalue weighted by Crippen LogP contribution is 2.42. The first-order valence-electron chi connectivity index (χ1n) is 4.55. The fourth-order valence-electron chi connectivity index (χ4n) is 1.07. The molecular weight excluding hydrogens is 343 g/mol. The third-order valence-corrected chi connectivity index (χ3v) is 2.74. The normalized spacial score (nSPS) is 12.7. The number of benzene rings is 1. The van der Waals surface area contributed by atoms with E-state index in [2.05, 4.69) is 31.9 Å². The van der Waals surface area contributed by atoms with Crippen molar-refractivity contribution in [2.45, 2.75) is 29.1 Å². The summed E-state index contributed by atoms with van der Waals surface area (Å²) in [6.07, 6.45) is 0. The van der Waals surface area contributed by atoms with E-state index in [0.29, 0.717) is 0 Å². The second kappa shape index (κ2) is 4.64. The van der Waals surface area contributed by atoms with Crippen LogP contribution in [0.3, 0.4) is 0 Å². The van der Waals surface area contributed by atoms with Gasteiger partial charge >= 0.3 is 0 Å². The van der Waals surface area contributed by atoms with Crippen LogP contribution < -0.4 is 4.74 Å². The van der Waals surface area contributed by atoms with E-state index < -0.39 is 2.69 Å². The van der Waals surface area contributed by atoms with Gasteiger partial charge in [0.1, 0.15) is 11.4 Å². The van der Waals surface area contributed by atoms with E-state index in [0.717, 1.165) is 11.3 Å². The minimum atomic E-state index is -0.694. The number of alkyl halides is 3. The first-order chi connectivity index (χ1) is 6.68. The maximum absolute atomic E-state index is 6.04. The van der Waals surface area contributed by atoms with Crippen LogP contribution in [0, 0.1) is 0 Å². The second-order valence-corrected chi connectivity index (χ2v) is 9.16. The van der Waals surface area contributed by atoms with E-state index in [1.165, 1.54) is 0 Å². The van der Waals surface area contributed by atoms with E-state index in [4.69, 9.17) is 16.3 Å². The smallest absolute Gasteiger partial charge is 0.178 e. The molecule has 0 aliphatic carbocycles. The summed E-state index contributed by atoms with van der Waals surface area (Å²) in [5.74, 6) is 0.840. The lowest BCUT2D eigenvalue weighted by Gasteiger charge is -2.21. The summed E-state index contributed by atoms with van der Waals surface area (Å²) in [5.41, 5.74) is 0.757. The van der Waals surface area contributed by atoms with Crippen molar-refractivity contribution in [2.24, 2.45) is 0 Å². The van der Waals surface area contributed by atoms with Crippen molar-refractivity contribution in [3.05, 3.63) is 29.8 Å². The average Bonchev–Trinajstić information content (AvgIpc) is 2.00. The molecule has 0 saturated heterocycles. The number of hydrogen-bond donors (Lipinski definition) is 0. The fourth-order valence-corrected chi connectivity index (χ4v) is 1.72. The van der Waals surface area contributed by atoms with E-state index >= 15 is 0 Å². The first-order valence-corrected chi connectivity index (χ1v) is 6.51. The predicted molar refractivity (Wildman–Crippen MR) is 72.2 cm³/mol. The van der Waals surface area contributed by atoms with Crippen LogP contribution in [0.25, 0.3) is 0 Å². The quantitative estimate of drug-likeness (QED) is 0.678. The average molecular weight is 356 g/mol. The molecule has 15 heavy (non-hydrogen) atoms. The van der Waals surface area contributed by atoms with Gasteiger partial charge in [0.2, 0.25) is 0 Å². The molecule has 0 aliphatic rings. The summed E-state index contributed by atoms with van der Waals surface area (Å²) in [4.78, 5) is 0. The van der Waals surface area contributed by atoms with Crippen molar-refractivity contribution in [1.29, 1.82) is 0 Å².